The summed E-state index contributed by atoms with van der Waals surface area (Å²) < 4.78 is 11.6. The van der Waals surface area contributed by atoms with Gasteiger partial charge in [-0.15, -0.1) is 0 Å². The number of anilines is 1. The molecule has 0 bridgehead atoms. The lowest BCUT2D eigenvalue weighted by Crippen LogP contribution is -2.37. The Bertz CT molecular complexity index is 752. The van der Waals surface area contributed by atoms with Crippen molar-refractivity contribution >= 4 is 44.9 Å². The Balaban J connectivity index is 1.84. The molecule has 0 fully saturated rings. The molecule has 7 heteroatoms. The van der Waals surface area contributed by atoms with Gasteiger partial charge >= 0.3 is 0 Å². The number of aryl methyl sites for hydroxylation is 1. The Morgan fingerprint density at radius 1 is 1.25 bits per heavy atom. The Kier molecular flexibility index (Phi) is 6.57. The van der Waals surface area contributed by atoms with Crippen LogP contribution in [-0.4, -0.2) is 24.7 Å². The number of amides is 1. The lowest BCUT2D eigenvalue weighted by atomic mass is 10.2. The highest BCUT2D eigenvalue weighted by molar-refractivity contribution is 9.10. The summed E-state index contributed by atoms with van der Waals surface area (Å²) in [5, 5.41) is 5.69. The number of hydrogen-bond acceptors (Lipinski definition) is 4. The van der Waals surface area contributed by atoms with Crippen molar-refractivity contribution in [3.05, 3.63) is 52.5 Å². The first-order chi connectivity index (χ1) is 11.5. The molecule has 2 aromatic carbocycles. The normalized spacial score (nSPS) is 9.96. The highest BCUT2D eigenvalue weighted by Crippen LogP contribution is 2.22. The number of benzene rings is 2. The van der Waals surface area contributed by atoms with E-state index >= 15 is 0 Å². The highest BCUT2D eigenvalue weighted by Gasteiger charge is 2.08. The topological polar surface area (TPSA) is 59.6 Å². The minimum absolute atomic E-state index is 0.123. The van der Waals surface area contributed by atoms with Gasteiger partial charge in [0.05, 0.1) is 7.11 Å². The zero-order chi connectivity index (χ0) is 17.5. The van der Waals surface area contributed by atoms with E-state index in [0.717, 1.165) is 15.7 Å². The number of halogens is 1. The molecule has 0 unspecified atom stereocenters. The lowest BCUT2D eigenvalue weighted by Gasteiger charge is -2.12. The minimum atomic E-state index is -0.335. The number of thiocarbonyl (C=S) groups is 1. The van der Waals surface area contributed by atoms with Crippen LogP contribution >= 0.6 is 28.1 Å². The molecular formula is C17H17BrN2O3S. The maximum Gasteiger partial charge on any atom is 0.264 e. The summed E-state index contributed by atoms with van der Waals surface area (Å²) in [5.41, 5.74) is 1.67. The second-order valence-electron chi connectivity index (χ2n) is 4.93. The fourth-order valence-corrected chi connectivity index (χ4v) is 2.65. The molecular weight excluding hydrogens is 392 g/mol. The van der Waals surface area contributed by atoms with E-state index in [1.54, 1.807) is 19.2 Å². The van der Waals surface area contributed by atoms with Gasteiger partial charge in [0, 0.05) is 16.2 Å². The third kappa shape index (κ3) is 5.50. The van der Waals surface area contributed by atoms with Gasteiger partial charge in [-0.2, -0.15) is 0 Å². The number of hydrogen-bond donors (Lipinski definition) is 2. The molecule has 2 N–H and O–H groups in total. The van der Waals surface area contributed by atoms with E-state index in [-0.39, 0.29) is 17.6 Å². The molecule has 0 radical (unpaired) electrons. The van der Waals surface area contributed by atoms with Crippen molar-refractivity contribution in [2.75, 3.05) is 19.0 Å². The van der Waals surface area contributed by atoms with E-state index < -0.39 is 0 Å². The first kappa shape index (κ1) is 18.2. The summed E-state index contributed by atoms with van der Waals surface area (Å²) in [6.45, 7) is 1.79. The summed E-state index contributed by atoms with van der Waals surface area (Å²) in [4.78, 5) is 11.9. The molecule has 0 aromatic heterocycles. The van der Waals surface area contributed by atoms with Gasteiger partial charge in [-0.3, -0.25) is 10.1 Å². The van der Waals surface area contributed by atoms with Gasteiger partial charge in [-0.25, -0.2) is 0 Å². The van der Waals surface area contributed by atoms with Crippen LogP contribution in [0.25, 0.3) is 0 Å². The SMILES string of the molecule is COc1cccc(NC(=S)NC(=O)COc2ccc(Br)cc2C)c1. The second-order valence-corrected chi connectivity index (χ2v) is 6.26. The van der Waals surface area contributed by atoms with Crippen molar-refractivity contribution in [1.29, 1.82) is 0 Å². The number of carbonyl (C=O) groups is 1. The summed E-state index contributed by atoms with van der Waals surface area (Å²) in [7, 11) is 1.58. The average Bonchev–Trinajstić information content (AvgIpc) is 2.54. The van der Waals surface area contributed by atoms with Gasteiger partial charge in [0.1, 0.15) is 11.5 Å². The van der Waals surface area contributed by atoms with Crippen molar-refractivity contribution in [2.24, 2.45) is 0 Å². The lowest BCUT2D eigenvalue weighted by molar-refractivity contribution is -0.121. The number of rotatable bonds is 5. The Hall–Kier alpha value is -2.12. The molecule has 2 aromatic rings. The van der Waals surface area contributed by atoms with Crippen LogP contribution in [0.5, 0.6) is 11.5 Å². The van der Waals surface area contributed by atoms with Crippen LogP contribution in [0.1, 0.15) is 5.56 Å². The first-order valence-corrected chi connectivity index (χ1v) is 8.32. The van der Waals surface area contributed by atoms with Gasteiger partial charge in [0.2, 0.25) is 0 Å². The summed E-state index contributed by atoms with van der Waals surface area (Å²) in [6, 6.07) is 12.8. The molecule has 0 atom stereocenters. The Morgan fingerprint density at radius 2 is 2.04 bits per heavy atom. The van der Waals surface area contributed by atoms with Crippen LogP contribution in [0.2, 0.25) is 0 Å². The average molecular weight is 409 g/mol. The fraction of sp³-hybridized carbons (Fsp3) is 0.176. The predicted molar refractivity (Wildman–Crippen MR) is 102 cm³/mol. The molecule has 126 valence electrons. The van der Waals surface area contributed by atoms with Crippen molar-refractivity contribution < 1.29 is 14.3 Å². The van der Waals surface area contributed by atoms with Gasteiger partial charge in [-0.1, -0.05) is 22.0 Å². The maximum atomic E-state index is 11.9. The van der Waals surface area contributed by atoms with Crippen LogP contribution in [-0.2, 0) is 4.79 Å². The largest absolute Gasteiger partial charge is 0.497 e. The monoisotopic (exact) mass is 408 g/mol. The quantitative estimate of drug-likeness (QED) is 0.739. The van der Waals surface area contributed by atoms with E-state index in [2.05, 4.69) is 26.6 Å². The van der Waals surface area contributed by atoms with E-state index in [4.69, 9.17) is 21.7 Å². The van der Waals surface area contributed by atoms with Gasteiger partial charge in [0.15, 0.2) is 11.7 Å². The van der Waals surface area contributed by atoms with Gasteiger partial charge < -0.3 is 14.8 Å². The van der Waals surface area contributed by atoms with Crippen LogP contribution < -0.4 is 20.1 Å². The zero-order valence-electron chi connectivity index (χ0n) is 13.3. The number of carbonyl (C=O) groups excluding carboxylic acids is 1. The first-order valence-electron chi connectivity index (χ1n) is 7.12. The maximum absolute atomic E-state index is 11.9. The summed E-state index contributed by atoms with van der Waals surface area (Å²) >= 11 is 8.50. The van der Waals surface area contributed by atoms with Crippen LogP contribution in [0.15, 0.2) is 46.9 Å². The van der Waals surface area contributed by atoms with E-state index in [1.165, 1.54) is 0 Å². The number of ether oxygens (including phenoxy) is 2. The van der Waals surface area contributed by atoms with Crippen molar-refractivity contribution in [3.8, 4) is 11.5 Å². The molecule has 1 amide bonds. The van der Waals surface area contributed by atoms with E-state index in [1.807, 2.05) is 37.3 Å². The van der Waals surface area contributed by atoms with Crippen molar-refractivity contribution in [2.45, 2.75) is 6.92 Å². The van der Waals surface area contributed by atoms with Gasteiger partial charge in [-0.05, 0) is 55.0 Å². The molecule has 5 nitrogen and oxygen atoms in total. The Labute approximate surface area is 154 Å². The second kappa shape index (κ2) is 8.65. The number of nitrogens with one attached hydrogen (secondary N) is 2. The Morgan fingerprint density at radius 3 is 2.75 bits per heavy atom. The highest BCUT2D eigenvalue weighted by atomic mass is 79.9. The molecule has 0 aliphatic rings. The molecule has 2 rings (SSSR count). The van der Waals surface area contributed by atoms with E-state index in [9.17, 15) is 4.79 Å². The predicted octanol–water partition coefficient (Wildman–Crippen LogP) is 3.66. The van der Waals surface area contributed by atoms with Crippen LogP contribution in [0.4, 0.5) is 5.69 Å². The van der Waals surface area contributed by atoms with Crippen LogP contribution in [0.3, 0.4) is 0 Å². The van der Waals surface area contributed by atoms with Crippen LogP contribution in [0, 0.1) is 6.92 Å². The minimum Gasteiger partial charge on any atom is -0.497 e. The molecule has 0 heterocycles. The molecule has 0 saturated heterocycles. The smallest absolute Gasteiger partial charge is 0.264 e. The molecule has 0 aliphatic carbocycles. The summed E-state index contributed by atoms with van der Waals surface area (Å²) in [5.74, 6) is 1.01. The molecule has 0 spiro atoms. The molecule has 24 heavy (non-hydrogen) atoms. The van der Waals surface area contributed by atoms with E-state index in [0.29, 0.717) is 11.5 Å². The standard InChI is InChI=1S/C17H17BrN2O3S/c1-11-8-12(18)6-7-15(11)23-10-16(21)20-17(24)19-13-4-3-5-14(9-13)22-2/h3-9H,10H2,1-2H3,(H2,19,20,21,24). The molecule has 0 aliphatic heterocycles. The third-order valence-electron chi connectivity index (χ3n) is 3.08. The van der Waals surface area contributed by atoms with Crippen molar-refractivity contribution in [1.82, 2.24) is 5.32 Å². The molecule has 0 saturated carbocycles. The summed E-state index contributed by atoms with van der Waals surface area (Å²) in [6.07, 6.45) is 0. The zero-order valence-corrected chi connectivity index (χ0v) is 15.7. The van der Waals surface area contributed by atoms with Crippen molar-refractivity contribution in [3.63, 3.8) is 0 Å². The third-order valence-corrected chi connectivity index (χ3v) is 3.77. The number of methoxy groups -OCH3 is 1. The fourth-order valence-electron chi connectivity index (χ4n) is 1.94. The van der Waals surface area contributed by atoms with Gasteiger partial charge in [0.25, 0.3) is 5.91 Å².